The Balaban J connectivity index is 1.64. The van der Waals surface area contributed by atoms with Gasteiger partial charge < -0.3 is 14.4 Å². The molecule has 124 valence electrons. The molecule has 3 rings (SSSR count). The Labute approximate surface area is 140 Å². The maximum atomic E-state index is 9.29. The van der Waals surface area contributed by atoms with E-state index in [2.05, 4.69) is 34.3 Å². The van der Waals surface area contributed by atoms with Gasteiger partial charge in [-0.15, -0.1) is 0 Å². The first-order valence-electron chi connectivity index (χ1n) is 7.79. The van der Waals surface area contributed by atoms with E-state index in [0.717, 1.165) is 19.5 Å². The molecule has 0 amide bonds. The van der Waals surface area contributed by atoms with E-state index in [4.69, 9.17) is 17.0 Å². The summed E-state index contributed by atoms with van der Waals surface area (Å²) in [5.74, 6) is 0.587. The van der Waals surface area contributed by atoms with Crippen LogP contribution < -0.4 is 0 Å². The summed E-state index contributed by atoms with van der Waals surface area (Å²) in [6, 6.07) is 10.4. The van der Waals surface area contributed by atoms with E-state index >= 15 is 0 Å². The molecule has 2 heterocycles. The summed E-state index contributed by atoms with van der Waals surface area (Å²) in [4.78, 5) is 2.29. The third-order valence-electron chi connectivity index (χ3n) is 4.14. The van der Waals surface area contributed by atoms with Crippen LogP contribution in [0, 0.1) is 4.77 Å². The standard InChI is InChI=1S/C16H22N4O2S/c1-18-15(11-21)17-20(16(18)23)12-19-7-8-22-14(10-19)9-13-5-3-2-4-6-13/h2-6,14,21H,7-12H2,1H3. The number of aliphatic hydroxyl groups excluding tert-OH is 1. The van der Waals surface area contributed by atoms with E-state index in [1.807, 2.05) is 13.1 Å². The topological polar surface area (TPSA) is 55.5 Å². The first-order chi connectivity index (χ1) is 11.2. The van der Waals surface area contributed by atoms with Gasteiger partial charge >= 0.3 is 0 Å². The molecule has 7 heteroatoms. The number of ether oxygens (including phenoxy) is 1. The van der Waals surface area contributed by atoms with Crippen LogP contribution >= 0.6 is 12.2 Å². The van der Waals surface area contributed by atoms with Gasteiger partial charge in [-0.3, -0.25) is 4.90 Å². The van der Waals surface area contributed by atoms with Crippen LogP contribution in [0.1, 0.15) is 11.4 Å². The fraction of sp³-hybridized carbons (Fsp3) is 0.500. The molecular weight excluding hydrogens is 312 g/mol. The van der Waals surface area contributed by atoms with Gasteiger partial charge in [-0.1, -0.05) is 30.3 Å². The minimum absolute atomic E-state index is 0.104. The van der Waals surface area contributed by atoms with Crippen LogP contribution in [0.15, 0.2) is 30.3 Å². The highest BCUT2D eigenvalue weighted by Gasteiger charge is 2.21. The van der Waals surface area contributed by atoms with E-state index in [1.54, 1.807) is 9.25 Å². The molecule has 2 aromatic rings. The summed E-state index contributed by atoms with van der Waals surface area (Å²) in [7, 11) is 1.83. The molecule has 1 fully saturated rings. The van der Waals surface area contributed by atoms with E-state index in [1.165, 1.54) is 5.56 Å². The molecule has 0 spiro atoms. The number of aromatic nitrogens is 3. The predicted molar refractivity (Wildman–Crippen MR) is 89.4 cm³/mol. The third kappa shape index (κ3) is 3.87. The van der Waals surface area contributed by atoms with Gasteiger partial charge in [-0.25, -0.2) is 4.68 Å². The Morgan fingerprint density at radius 1 is 1.35 bits per heavy atom. The van der Waals surface area contributed by atoms with Crippen LogP contribution in [0.25, 0.3) is 0 Å². The summed E-state index contributed by atoms with van der Waals surface area (Å²) in [5, 5.41) is 13.7. The molecule has 1 unspecified atom stereocenters. The number of rotatable bonds is 5. The molecule has 1 N–H and O–H groups in total. The highest BCUT2D eigenvalue weighted by atomic mass is 32.1. The number of aliphatic hydroxyl groups is 1. The maximum absolute atomic E-state index is 9.29. The van der Waals surface area contributed by atoms with Gasteiger partial charge in [0.05, 0.1) is 19.4 Å². The second-order valence-electron chi connectivity index (χ2n) is 5.82. The SMILES string of the molecule is Cn1c(CO)nn(CN2CCOC(Cc3ccccc3)C2)c1=S. The second kappa shape index (κ2) is 7.35. The average Bonchev–Trinajstić information content (AvgIpc) is 2.84. The summed E-state index contributed by atoms with van der Waals surface area (Å²) >= 11 is 5.38. The molecule has 1 saturated heterocycles. The summed E-state index contributed by atoms with van der Waals surface area (Å²) in [5.41, 5.74) is 1.29. The Hall–Kier alpha value is -1.54. The summed E-state index contributed by atoms with van der Waals surface area (Å²) in [6.07, 6.45) is 1.09. The predicted octanol–water partition coefficient (Wildman–Crippen LogP) is 1.34. The third-order valence-corrected chi connectivity index (χ3v) is 4.62. The minimum Gasteiger partial charge on any atom is -0.388 e. The molecule has 0 aliphatic carbocycles. The summed E-state index contributed by atoms with van der Waals surface area (Å²) in [6.45, 7) is 2.94. The lowest BCUT2D eigenvalue weighted by Gasteiger charge is -2.32. The van der Waals surface area contributed by atoms with E-state index < -0.39 is 0 Å². The van der Waals surface area contributed by atoms with Gasteiger partial charge in [0, 0.05) is 20.1 Å². The number of hydrogen-bond donors (Lipinski definition) is 1. The number of hydrogen-bond acceptors (Lipinski definition) is 5. The highest BCUT2D eigenvalue weighted by molar-refractivity contribution is 7.71. The van der Waals surface area contributed by atoms with Crippen molar-refractivity contribution >= 4 is 12.2 Å². The van der Waals surface area contributed by atoms with Crippen molar-refractivity contribution in [1.82, 2.24) is 19.2 Å². The smallest absolute Gasteiger partial charge is 0.198 e. The van der Waals surface area contributed by atoms with Gasteiger partial charge in [-0.2, -0.15) is 5.10 Å². The monoisotopic (exact) mass is 334 g/mol. The second-order valence-corrected chi connectivity index (χ2v) is 6.18. The molecule has 1 aliphatic rings. The van der Waals surface area contributed by atoms with Gasteiger partial charge in [0.2, 0.25) is 0 Å². The molecule has 1 atom stereocenters. The minimum atomic E-state index is -0.104. The maximum Gasteiger partial charge on any atom is 0.198 e. The fourth-order valence-electron chi connectivity index (χ4n) is 2.86. The first-order valence-corrected chi connectivity index (χ1v) is 8.19. The molecule has 0 saturated carbocycles. The first kappa shape index (κ1) is 16.3. The van der Waals surface area contributed by atoms with Crippen molar-refractivity contribution in [3.05, 3.63) is 46.5 Å². The average molecular weight is 334 g/mol. The number of morpholine rings is 1. The van der Waals surface area contributed by atoms with Gasteiger partial charge in [-0.05, 0) is 24.2 Å². The summed E-state index contributed by atoms with van der Waals surface area (Å²) < 4.78 is 10.0. The fourth-order valence-corrected chi connectivity index (χ4v) is 3.07. The Bertz CT molecular complexity index is 698. The van der Waals surface area contributed by atoms with Crippen LogP contribution in [-0.4, -0.2) is 50.2 Å². The normalized spacial score (nSPS) is 19.1. The molecule has 0 radical (unpaired) electrons. The highest BCUT2D eigenvalue weighted by Crippen LogP contribution is 2.13. The van der Waals surface area contributed by atoms with Crippen molar-refractivity contribution in [3.8, 4) is 0 Å². The van der Waals surface area contributed by atoms with Crippen molar-refractivity contribution in [2.24, 2.45) is 7.05 Å². The largest absolute Gasteiger partial charge is 0.388 e. The van der Waals surface area contributed by atoms with Gasteiger partial charge in [0.1, 0.15) is 6.61 Å². The molecular formula is C16H22N4O2S. The lowest BCUT2D eigenvalue weighted by Crippen LogP contribution is -2.44. The van der Waals surface area contributed by atoms with Crippen LogP contribution in [0.2, 0.25) is 0 Å². The molecule has 23 heavy (non-hydrogen) atoms. The quantitative estimate of drug-likeness (QED) is 0.837. The molecule has 0 bridgehead atoms. The van der Waals surface area contributed by atoms with Crippen molar-refractivity contribution in [2.45, 2.75) is 25.8 Å². The molecule has 1 aromatic heterocycles. The lowest BCUT2D eigenvalue weighted by molar-refractivity contribution is -0.0394. The zero-order valence-electron chi connectivity index (χ0n) is 13.3. The van der Waals surface area contributed by atoms with Crippen LogP contribution in [0.5, 0.6) is 0 Å². The number of nitrogens with zero attached hydrogens (tertiary/aromatic N) is 4. The van der Waals surface area contributed by atoms with Gasteiger partial charge in [0.15, 0.2) is 10.6 Å². The van der Waals surface area contributed by atoms with E-state index in [-0.39, 0.29) is 12.7 Å². The zero-order chi connectivity index (χ0) is 16.2. The molecule has 6 nitrogen and oxygen atoms in total. The molecule has 1 aromatic carbocycles. The Morgan fingerprint density at radius 3 is 2.83 bits per heavy atom. The van der Waals surface area contributed by atoms with Crippen molar-refractivity contribution < 1.29 is 9.84 Å². The Kier molecular flexibility index (Phi) is 5.22. The van der Waals surface area contributed by atoms with E-state index in [0.29, 0.717) is 23.9 Å². The Morgan fingerprint density at radius 2 is 2.13 bits per heavy atom. The van der Waals surface area contributed by atoms with Gasteiger partial charge in [0.25, 0.3) is 0 Å². The lowest BCUT2D eigenvalue weighted by atomic mass is 10.1. The van der Waals surface area contributed by atoms with Crippen molar-refractivity contribution in [1.29, 1.82) is 0 Å². The zero-order valence-corrected chi connectivity index (χ0v) is 14.1. The van der Waals surface area contributed by atoms with Crippen LogP contribution in [-0.2, 0) is 31.5 Å². The van der Waals surface area contributed by atoms with E-state index in [9.17, 15) is 5.11 Å². The van der Waals surface area contributed by atoms with Crippen molar-refractivity contribution in [2.75, 3.05) is 19.7 Å². The van der Waals surface area contributed by atoms with Crippen molar-refractivity contribution in [3.63, 3.8) is 0 Å². The van der Waals surface area contributed by atoms with Crippen LogP contribution in [0.4, 0.5) is 0 Å². The number of benzene rings is 1. The van der Waals surface area contributed by atoms with Crippen LogP contribution in [0.3, 0.4) is 0 Å². The molecule has 1 aliphatic heterocycles.